The van der Waals surface area contributed by atoms with E-state index in [2.05, 4.69) is 5.32 Å². The average Bonchev–Trinajstić information content (AvgIpc) is 2.92. The van der Waals surface area contributed by atoms with Gasteiger partial charge in [-0.1, -0.05) is 6.07 Å². The smallest absolute Gasteiger partial charge is 0.255 e. The van der Waals surface area contributed by atoms with E-state index >= 15 is 0 Å². The van der Waals surface area contributed by atoms with Crippen LogP contribution in [-0.4, -0.2) is 11.0 Å². The van der Waals surface area contributed by atoms with Crippen LogP contribution in [0.15, 0.2) is 30.3 Å². The zero-order valence-electron chi connectivity index (χ0n) is 12.1. The van der Waals surface area contributed by atoms with Crippen molar-refractivity contribution in [1.29, 1.82) is 0 Å². The summed E-state index contributed by atoms with van der Waals surface area (Å²) in [5.74, 6) is 0.0815. The van der Waals surface area contributed by atoms with Crippen molar-refractivity contribution >= 4 is 11.6 Å². The molecule has 0 aliphatic carbocycles. The number of aryl methyl sites for hydroxylation is 2. The van der Waals surface area contributed by atoms with Gasteiger partial charge >= 0.3 is 0 Å². The van der Waals surface area contributed by atoms with Gasteiger partial charge in [0, 0.05) is 11.3 Å². The van der Waals surface area contributed by atoms with Crippen molar-refractivity contribution in [3.63, 3.8) is 0 Å². The number of fused-ring (bicyclic) bond motifs is 1. The molecule has 0 fully saturated rings. The van der Waals surface area contributed by atoms with Gasteiger partial charge in [-0.2, -0.15) is 0 Å². The number of phenols is 1. The number of rotatable bonds is 2. The summed E-state index contributed by atoms with van der Waals surface area (Å²) in [6.45, 7) is 4.84. The van der Waals surface area contributed by atoms with Crippen molar-refractivity contribution in [2.24, 2.45) is 0 Å². The van der Waals surface area contributed by atoms with Crippen LogP contribution < -0.4 is 5.32 Å². The lowest BCUT2D eigenvalue weighted by Crippen LogP contribution is -2.13. The van der Waals surface area contributed by atoms with E-state index in [-0.39, 0.29) is 11.7 Å². The first-order valence-electron chi connectivity index (χ1n) is 6.85. The Bertz CT molecular complexity index is 722. The van der Waals surface area contributed by atoms with E-state index in [4.69, 9.17) is 4.74 Å². The number of aromatic hydroxyl groups is 1. The van der Waals surface area contributed by atoms with Crippen LogP contribution in [0.2, 0.25) is 0 Å². The van der Waals surface area contributed by atoms with Crippen LogP contribution in [0.25, 0.3) is 0 Å². The monoisotopic (exact) mass is 283 g/mol. The molecule has 2 aromatic rings. The number of benzene rings is 2. The number of amides is 1. The van der Waals surface area contributed by atoms with Crippen LogP contribution in [-0.2, 0) is 18.0 Å². The van der Waals surface area contributed by atoms with Gasteiger partial charge in [-0.15, -0.1) is 0 Å². The highest BCUT2D eigenvalue weighted by molar-refractivity contribution is 6.04. The van der Waals surface area contributed by atoms with Gasteiger partial charge in [-0.3, -0.25) is 4.79 Å². The van der Waals surface area contributed by atoms with E-state index < -0.39 is 0 Å². The van der Waals surface area contributed by atoms with Gasteiger partial charge in [0.2, 0.25) is 0 Å². The number of ether oxygens (including phenoxy) is 1. The minimum Gasteiger partial charge on any atom is -0.508 e. The van der Waals surface area contributed by atoms with Gasteiger partial charge < -0.3 is 15.2 Å². The highest BCUT2D eigenvalue weighted by Crippen LogP contribution is 2.26. The molecule has 0 bridgehead atoms. The molecular weight excluding hydrogens is 266 g/mol. The van der Waals surface area contributed by atoms with E-state index in [1.165, 1.54) is 0 Å². The molecule has 0 radical (unpaired) electrons. The van der Waals surface area contributed by atoms with Crippen molar-refractivity contribution in [3.8, 4) is 5.75 Å². The molecule has 0 saturated heterocycles. The maximum absolute atomic E-state index is 12.3. The number of carbonyl (C=O) groups is 1. The predicted octanol–water partition coefficient (Wildman–Crippen LogP) is 3.29. The molecule has 0 spiro atoms. The van der Waals surface area contributed by atoms with Crippen LogP contribution in [0, 0.1) is 13.8 Å². The van der Waals surface area contributed by atoms with E-state index in [1.54, 1.807) is 19.1 Å². The lowest BCUT2D eigenvalue weighted by Gasteiger charge is -2.11. The largest absolute Gasteiger partial charge is 0.508 e. The Balaban J connectivity index is 1.85. The molecule has 0 unspecified atom stereocenters. The third kappa shape index (κ3) is 2.62. The molecule has 1 heterocycles. The molecule has 1 aliphatic rings. The highest BCUT2D eigenvalue weighted by Gasteiger charge is 2.15. The fraction of sp³-hybridized carbons (Fsp3) is 0.235. The molecule has 2 aromatic carbocycles. The second kappa shape index (κ2) is 5.22. The van der Waals surface area contributed by atoms with Crippen LogP contribution >= 0.6 is 0 Å². The standard InChI is InChI=1S/C17H17NO3/c1-10-6-16(19)11(2)5-15(10)18-17(20)12-3-4-13-8-21-9-14(13)7-12/h3-7,19H,8-9H2,1-2H3,(H,18,20). The molecule has 1 aliphatic heterocycles. The summed E-state index contributed by atoms with van der Waals surface area (Å²) >= 11 is 0. The van der Waals surface area contributed by atoms with E-state index in [0.29, 0.717) is 24.5 Å². The summed E-state index contributed by atoms with van der Waals surface area (Å²) in [7, 11) is 0. The minimum absolute atomic E-state index is 0.155. The van der Waals surface area contributed by atoms with Gasteiger partial charge in [0.05, 0.1) is 13.2 Å². The molecule has 0 saturated carbocycles. The number of hydrogen-bond acceptors (Lipinski definition) is 3. The summed E-state index contributed by atoms with van der Waals surface area (Å²) < 4.78 is 5.36. The first-order chi connectivity index (χ1) is 10.0. The first kappa shape index (κ1) is 13.6. The first-order valence-corrected chi connectivity index (χ1v) is 6.85. The SMILES string of the molecule is Cc1cc(NC(=O)c2ccc3c(c2)COC3)c(C)cc1O. The van der Waals surface area contributed by atoms with Crippen molar-refractivity contribution in [3.05, 3.63) is 58.1 Å². The summed E-state index contributed by atoms with van der Waals surface area (Å²) in [5, 5.41) is 12.5. The fourth-order valence-corrected chi connectivity index (χ4v) is 2.44. The third-order valence-electron chi connectivity index (χ3n) is 3.77. The van der Waals surface area contributed by atoms with Gasteiger partial charge in [0.15, 0.2) is 0 Å². The quantitative estimate of drug-likeness (QED) is 0.831. The average molecular weight is 283 g/mol. The molecule has 108 valence electrons. The molecule has 0 atom stereocenters. The number of hydrogen-bond donors (Lipinski definition) is 2. The summed E-state index contributed by atoms with van der Waals surface area (Å²) in [6.07, 6.45) is 0. The summed E-state index contributed by atoms with van der Waals surface area (Å²) in [6, 6.07) is 9.05. The number of nitrogens with one attached hydrogen (secondary N) is 1. The lowest BCUT2D eigenvalue weighted by atomic mass is 10.1. The van der Waals surface area contributed by atoms with Crippen molar-refractivity contribution in [2.75, 3.05) is 5.32 Å². The maximum Gasteiger partial charge on any atom is 0.255 e. The molecule has 4 heteroatoms. The number of anilines is 1. The van der Waals surface area contributed by atoms with Crippen molar-refractivity contribution in [1.82, 2.24) is 0 Å². The molecule has 0 aromatic heterocycles. The molecule has 2 N–H and O–H groups in total. The molecule has 4 nitrogen and oxygen atoms in total. The molecule has 21 heavy (non-hydrogen) atoms. The number of phenolic OH excluding ortho intramolecular Hbond substituents is 1. The molecular formula is C17H17NO3. The van der Waals surface area contributed by atoms with Crippen molar-refractivity contribution < 1.29 is 14.6 Å². The van der Waals surface area contributed by atoms with Gasteiger partial charge in [-0.25, -0.2) is 0 Å². The van der Waals surface area contributed by atoms with Crippen LogP contribution in [0.4, 0.5) is 5.69 Å². The Morgan fingerprint density at radius 1 is 1.10 bits per heavy atom. The van der Waals surface area contributed by atoms with Gasteiger partial charge in [0.1, 0.15) is 5.75 Å². The van der Waals surface area contributed by atoms with Crippen molar-refractivity contribution in [2.45, 2.75) is 27.1 Å². The Labute approximate surface area is 123 Å². The Morgan fingerprint density at radius 2 is 1.86 bits per heavy atom. The molecule has 3 rings (SSSR count). The second-order valence-corrected chi connectivity index (χ2v) is 5.38. The van der Waals surface area contributed by atoms with E-state index in [9.17, 15) is 9.90 Å². The Kier molecular flexibility index (Phi) is 3.39. The molecule has 1 amide bonds. The minimum atomic E-state index is -0.155. The summed E-state index contributed by atoms with van der Waals surface area (Å²) in [4.78, 5) is 12.3. The van der Waals surface area contributed by atoms with Gasteiger partial charge in [0.25, 0.3) is 5.91 Å². The second-order valence-electron chi connectivity index (χ2n) is 5.38. The number of carbonyl (C=O) groups excluding carboxylic acids is 1. The fourth-order valence-electron chi connectivity index (χ4n) is 2.44. The Morgan fingerprint density at radius 3 is 2.67 bits per heavy atom. The van der Waals surface area contributed by atoms with Crippen LogP contribution in [0.3, 0.4) is 0 Å². The van der Waals surface area contributed by atoms with Gasteiger partial charge in [-0.05, 0) is 60.4 Å². The lowest BCUT2D eigenvalue weighted by molar-refractivity contribution is 0.102. The van der Waals surface area contributed by atoms with E-state index in [1.807, 2.05) is 25.1 Å². The van der Waals surface area contributed by atoms with Crippen LogP contribution in [0.5, 0.6) is 5.75 Å². The Hall–Kier alpha value is -2.33. The zero-order chi connectivity index (χ0) is 15.0. The normalized spacial score (nSPS) is 13.0. The third-order valence-corrected chi connectivity index (χ3v) is 3.77. The highest BCUT2D eigenvalue weighted by atomic mass is 16.5. The van der Waals surface area contributed by atoms with Crippen LogP contribution in [0.1, 0.15) is 32.6 Å². The maximum atomic E-state index is 12.3. The predicted molar refractivity (Wildman–Crippen MR) is 80.5 cm³/mol. The topological polar surface area (TPSA) is 58.6 Å². The summed E-state index contributed by atoms with van der Waals surface area (Å²) in [5.41, 5.74) is 5.11. The zero-order valence-corrected chi connectivity index (χ0v) is 12.1. The van der Waals surface area contributed by atoms with E-state index in [0.717, 1.165) is 22.3 Å².